The first-order valence-electron chi connectivity index (χ1n) is 19.6. The Morgan fingerprint density at radius 3 is 1.73 bits per heavy atom. The maximum Gasteiger partial charge on any atom is 0.316 e. The highest BCUT2D eigenvalue weighted by Crippen LogP contribution is 2.24. The maximum atomic E-state index is 12.7. The van der Waals surface area contributed by atoms with Crippen molar-refractivity contribution in [1.82, 2.24) is 4.90 Å². The Morgan fingerprint density at radius 2 is 1.13 bits per heavy atom. The zero-order valence-corrected chi connectivity index (χ0v) is 31.3. The fourth-order valence-electron chi connectivity index (χ4n) is 6.44. The van der Waals surface area contributed by atoms with E-state index in [1.54, 1.807) is 0 Å². The van der Waals surface area contributed by atoms with E-state index < -0.39 is 0 Å². The highest BCUT2D eigenvalue weighted by atomic mass is 32.2. The lowest BCUT2D eigenvalue weighted by Crippen LogP contribution is -2.32. The fourth-order valence-corrected chi connectivity index (χ4v) is 7.43. The van der Waals surface area contributed by atoms with E-state index in [0.29, 0.717) is 29.9 Å². The van der Waals surface area contributed by atoms with Gasteiger partial charge in [-0.1, -0.05) is 124 Å². The van der Waals surface area contributed by atoms with Gasteiger partial charge in [0.1, 0.15) is 6.10 Å². The molecule has 1 aliphatic heterocycles. The van der Waals surface area contributed by atoms with E-state index in [-0.39, 0.29) is 18.0 Å². The van der Waals surface area contributed by atoms with E-state index in [0.717, 1.165) is 45.2 Å². The quantitative estimate of drug-likeness (QED) is 0.0548. The van der Waals surface area contributed by atoms with Crippen LogP contribution in [0.4, 0.5) is 0 Å². The summed E-state index contributed by atoms with van der Waals surface area (Å²) in [6, 6.07) is 0. The number of esters is 2. The Labute approximate surface area is 284 Å². The molecular weight excluding hydrogens is 578 g/mol. The van der Waals surface area contributed by atoms with Crippen LogP contribution in [-0.4, -0.2) is 60.7 Å². The van der Waals surface area contributed by atoms with Crippen molar-refractivity contribution in [2.45, 2.75) is 199 Å². The average molecular weight is 654 g/mol. The molecule has 0 aliphatic carbocycles. The van der Waals surface area contributed by atoms with Crippen LogP contribution in [-0.2, 0) is 19.1 Å². The van der Waals surface area contributed by atoms with Crippen LogP contribution < -0.4 is 0 Å². The molecule has 266 valence electrons. The first-order valence-corrected chi connectivity index (χ1v) is 20.7. The summed E-state index contributed by atoms with van der Waals surface area (Å²) in [5, 5.41) is 0.597. The van der Waals surface area contributed by atoms with Crippen LogP contribution in [0.2, 0.25) is 0 Å². The number of hydrogen-bond donors (Lipinski definition) is 0. The minimum atomic E-state index is -0.00747. The topological polar surface area (TPSA) is 55.8 Å². The van der Waals surface area contributed by atoms with E-state index in [1.165, 1.54) is 128 Å². The van der Waals surface area contributed by atoms with Crippen molar-refractivity contribution in [3.8, 4) is 0 Å². The largest absolute Gasteiger partial charge is 0.465 e. The van der Waals surface area contributed by atoms with Crippen molar-refractivity contribution in [2.24, 2.45) is 5.92 Å². The van der Waals surface area contributed by atoms with Crippen LogP contribution in [0.5, 0.6) is 0 Å². The molecule has 0 aromatic rings. The zero-order chi connectivity index (χ0) is 32.8. The molecule has 0 aromatic carbocycles. The number of hydrogen-bond acceptors (Lipinski definition) is 6. The van der Waals surface area contributed by atoms with E-state index in [9.17, 15) is 9.59 Å². The third-order valence-electron chi connectivity index (χ3n) is 9.60. The molecule has 2 unspecified atom stereocenters. The lowest BCUT2D eigenvalue weighted by Gasteiger charge is -2.28. The van der Waals surface area contributed by atoms with Gasteiger partial charge in [0.15, 0.2) is 0 Å². The summed E-state index contributed by atoms with van der Waals surface area (Å²) in [4.78, 5) is 27.5. The van der Waals surface area contributed by atoms with Crippen LogP contribution in [0.1, 0.15) is 188 Å². The molecule has 1 heterocycles. The fraction of sp³-hybridized carbons (Fsp3) is 0.949. The van der Waals surface area contributed by atoms with Crippen molar-refractivity contribution < 1.29 is 19.1 Å². The molecule has 0 bridgehead atoms. The second kappa shape index (κ2) is 30.6. The Hall–Kier alpha value is -0.750. The molecule has 45 heavy (non-hydrogen) atoms. The second-order valence-corrected chi connectivity index (χ2v) is 15.3. The summed E-state index contributed by atoms with van der Waals surface area (Å²) in [5.74, 6) is 1.03. The Morgan fingerprint density at radius 1 is 0.644 bits per heavy atom. The van der Waals surface area contributed by atoms with Gasteiger partial charge in [-0.25, -0.2) is 0 Å². The van der Waals surface area contributed by atoms with Gasteiger partial charge in [0.05, 0.1) is 12.4 Å². The van der Waals surface area contributed by atoms with Crippen LogP contribution in [0.25, 0.3) is 0 Å². The monoisotopic (exact) mass is 654 g/mol. The van der Waals surface area contributed by atoms with Gasteiger partial charge in [-0.3, -0.25) is 9.59 Å². The summed E-state index contributed by atoms with van der Waals surface area (Å²) in [5.41, 5.74) is 0. The van der Waals surface area contributed by atoms with E-state index in [4.69, 9.17) is 9.47 Å². The molecule has 6 heteroatoms. The van der Waals surface area contributed by atoms with Crippen LogP contribution >= 0.6 is 11.8 Å². The van der Waals surface area contributed by atoms with Crippen molar-refractivity contribution >= 4 is 23.7 Å². The zero-order valence-electron chi connectivity index (χ0n) is 30.4. The standard InChI is InChI=1S/C39H75NO4S/c1-5-8-11-13-14-17-21-26-36(44-39(42)34-45-37-29-31-40(4)32-30-37)27-22-18-15-16-19-23-28-38(41)43-33-35(24-10-7-3)25-20-12-9-6-2/h35-37H,5-34H2,1-4H3. The third-order valence-corrected chi connectivity index (χ3v) is 10.9. The minimum Gasteiger partial charge on any atom is -0.465 e. The van der Waals surface area contributed by atoms with Gasteiger partial charge in [-0.15, -0.1) is 11.8 Å². The van der Waals surface area contributed by atoms with Gasteiger partial charge in [0.25, 0.3) is 0 Å². The molecule has 0 spiro atoms. The SMILES string of the molecule is CCCCCCCCCC(CCCCCCCCC(=O)OCC(CCCC)CCCCCC)OC(=O)CSC1CCN(C)CC1. The Bertz CT molecular complexity index is 682. The maximum absolute atomic E-state index is 12.7. The van der Waals surface area contributed by atoms with E-state index in [2.05, 4.69) is 32.7 Å². The molecule has 0 amide bonds. The summed E-state index contributed by atoms with van der Waals surface area (Å²) in [6.45, 7) is 9.64. The van der Waals surface area contributed by atoms with Gasteiger partial charge in [-0.05, 0) is 83.8 Å². The van der Waals surface area contributed by atoms with Gasteiger partial charge >= 0.3 is 11.9 Å². The summed E-state index contributed by atoms with van der Waals surface area (Å²) in [7, 11) is 2.18. The first-order chi connectivity index (χ1) is 22.0. The molecule has 1 fully saturated rings. The number of thioether (sulfide) groups is 1. The predicted molar refractivity (Wildman–Crippen MR) is 195 cm³/mol. The number of piperidine rings is 1. The second-order valence-electron chi connectivity index (χ2n) is 14.0. The molecular formula is C39H75NO4S. The lowest BCUT2D eigenvalue weighted by molar-refractivity contribution is -0.147. The normalized spacial score (nSPS) is 15.6. The number of ether oxygens (including phenoxy) is 2. The number of likely N-dealkylation sites (tertiary alicyclic amines) is 1. The smallest absolute Gasteiger partial charge is 0.316 e. The van der Waals surface area contributed by atoms with Crippen molar-refractivity contribution in [3.05, 3.63) is 0 Å². The summed E-state index contributed by atoms with van der Waals surface area (Å²) >= 11 is 1.81. The van der Waals surface area contributed by atoms with E-state index >= 15 is 0 Å². The molecule has 0 aromatic heterocycles. The van der Waals surface area contributed by atoms with Gasteiger partial charge < -0.3 is 14.4 Å². The third kappa shape index (κ3) is 26.0. The highest BCUT2D eigenvalue weighted by Gasteiger charge is 2.20. The molecule has 1 saturated heterocycles. The molecule has 2 atom stereocenters. The summed E-state index contributed by atoms with van der Waals surface area (Å²) in [6.07, 6.45) is 30.7. The van der Waals surface area contributed by atoms with Crippen molar-refractivity contribution in [1.29, 1.82) is 0 Å². The Balaban J connectivity index is 2.23. The molecule has 0 saturated carbocycles. The molecule has 1 aliphatic rings. The average Bonchev–Trinajstić information content (AvgIpc) is 3.04. The summed E-state index contributed by atoms with van der Waals surface area (Å²) < 4.78 is 11.7. The predicted octanol–water partition coefficient (Wildman–Crippen LogP) is 11.3. The first kappa shape index (κ1) is 42.3. The van der Waals surface area contributed by atoms with Crippen molar-refractivity contribution in [3.63, 3.8) is 0 Å². The number of rotatable bonds is 31. The number of unbranched alkanes of at least 4 members (excludes halogenated alkanes) is 15. The molecule has 0 radical (unpaired) electrons. The van der Waals surface area contributed by atoms with Crippen LogP contribution in [0, 0.1) is 5.92 Å². The Kier molecular flexibility index (Phi) is 28.7. The highest BCUT2D eigenvalue weighted by molar-refractivity contribution is 8.00. The van der Waals surface area contributed by atoms with E-state index in [1.807, 2.05) is 11.8 Å². The van der Waals surface area contributed by atoms with Crippen LogP contribution in [0.15, 0.2) is 0 Å². The number of carbonyl (C=O) groups is 2. The lowest BCUT2D eigenvalue weighted by atomic mass is 9.96. The molecule has 1 rings (SSSR count). The van der Waals surface area contributed by atoms with Gasteiger partial charge in [0, 0.05) is 11.7 Å². The van der Waals surface area contributed by atoms with Gasteiger partial charge in [-0.2, -0.15) is 0 Å². The van der Waals surface area contributed by atoms with Gasteiger partial charge in [0.2, 0.25) is 0 Å². The number of carbonyl (C=O) groups excluding carboxylic acids is 2. The van der Waals surface area contributed by atoms with Crippen LogP contribution in [0.3, 0.4) is 0 Å². The molecule has 5 nitrogen and oxygen atoms in total. The minimum absolute atomic E-state index is 0.00550. The molecule has 0 N–H and O–H groups in total. The van der Waals surface area contributed by atoms with Crippen molar-refractivity contribution in [2.75, 3.05) is 32.5 Å². The number of nitrogens with zero attached hydrogens (tertiary/aromatic N) is 1.